The second-order valence-corrected chi connectivity index (χ2v) is 7.00. The molecule has 3 rings (SSSR count). The third kappa shape index (κ3) is 5.17. The minimum Gasteiger partial charge on any atom is -0.489 e. The summed E-state index contributed by atoms with van der Waals surface area (Å²) in [6.45, 7) is 2.35. The van der Waals surface area contributed by atoms with E-state index in [1.807, 2.05) is 6.92 Å². The van der Waals surface area contributed by atoms with Crippen LogP contribution < -0.4 is 15.4 Å². The largest absolute Gasteiger partial charge is 0.489 e. The Kier molecular flexibility index (Phi) is 7.06. The first-order valence-electron chi connectivity index (χ1n) is 9.88. The molecule has 30 heavy (non-hydrogen) atoms. The Bertz CT molecular complexity index is 923. The molecule has 158 valence electrons. The van der Waals surface area contributed by atoms with E-state index in [9.17, 15) is 14.0 Å². The molecule has 0 aliphatic carbocycles. The van der Waals surface area contributed by atoms with Gasteiger partial charge in [0.2, 0.25) is 0 Å². The summed E-state index contributed by atoms with van der Waals surface area (Å²) < 4.78 is 23.7. The molecule has 2 aromatic carbocycles. The molecule has 0 radical (unpaired) electrons. The van der Waals surface area contributed by atoms with Crippen molar-refractivity contribution in [3.8, 4) is 5.75 Å². The summed E-state index contributed by atoms with van der Waals surface area (Å²) in [5.74, 6) is -0.145. The monoisotopic (exact) mass is 412 g/mol. The summed E-state index contributed by atoms with van der Waals surface area (Å²) in [4.78, 5) is 24.6. The fourth-order valence-electron chi connectivity index (χ4n) is 3.27. The molecule has 6 nitrogen and oxygen atoms in total. The molecule has 1 heterocycles. The van der Waals surface area contributed by atoms with Gasteiger partial charge in [-0.25, -0.2) is 14.0 Å². The highest BCUT2D eigenvalue weighted by molar-refractivity contribution is 5.95. The lowest BCUT2D eigenvalue weighted by Gasteiger charge is -2.29. The minimum absolute atomic E-state index is 0.292. The van der Waals surface area contributed by atoms with Crippen molar-refractivity contribution in [2.45, 2.75) is 38.8 Å². The smallest absolute Gasteiger partial charge is 0.337 e. The number of benzene rings is 2. The molecule has 2 aromatic rings. The second kappa shape index (κ2) is 9.91. The van der Waals surface area contributed by atoms with Crippen molar-refractivity contribution in [3.63, 3.8) is 0 Å². The standard InChI is InChI=1S/C23H25FN2O4/c1-3-4-5-19-20(22(27)29-2)21(26-23(28)25-19)16-8-12-18(13-9-16)30-14-15-6-10-17(24)11-7-15/h6-13,21H,3-5,14H2,1-2H3,(H2,25,26,28). The molecule has 0 saturated heterocycles. The van der Waals surface area contributed by atoms with Crippen molar-refractivity contribution in [1.82, 2.24) is 10.6 Å². The lowest BCUT2D eigenvalue weighted by atomic mass is 9.93. The number of urea groups is 1. The van der Waals surface area contributed by atoms with Crippen molar-refractivity contribution in [2.24, 2.45) is 0 Å². The molecule has 1 atom stereocenters. The Morgan fingerprint density at radius 3 is 2.43 bits per heavy atom. The molecule has 1 aliphatic rings. The van der Waals surface area contributed by atoms with Crippen molar-refractivity contribution in [2.75, 3.05) is 7.11 Å². The predicted octanol–water partition coefficient (Wildman–Crippen LogP) is 4.38. The molecule has 0 saturated carbocycles. The number of carbonyl (C=O) groups is 2. The second-order valence-electron chi connectivity index (χ2n) is 7.00. The van der Waals surface area contributed by atoms with Crippen LogP contribution in [0.3, 0.4) is 0 Å². The van der Waals surface area contributed by atoms with Crippen LogP contribution >= 0.6 is 0 Å². The molecule has 1 unspecified atom stereocenters. The van der Waals surface area contributed by atoms with Gasteiger partial charge in [0.15, 0.2) is 0 Å². The highest BCUT2D eigenvalue weighted by atomic mass is 19.1. The Morgan fingerprint density at radius 1 is 1.10 bits per heavy atom. The topological polar surface area (TPSA) is 76.7 Å². The van der Waals surface area contributed by atoms with E-state index < -0.39 is 12.0 Å². The van der Waals surface area contributed by atoms with E-state index in [1.165, 1.54) is 19.2 Å². The molecule has 2 amide bonds. The van der Waals surface area contributed by atoms with E-state index in [0.29, 0.717) is 30.0 Å². The Morgan fingerprint density at radius 2 is 1.80 bits per heavy atom. The molecule has 7 heteroatoms. The number of carbonyl (C=O) groups excluding carboxylic acids is 2. The Balaban J connectivity index is 1.79. The van der Waals surface area contributed by atoms with Gasteiger partial charge in [-0.2, -0.15) is 0 Å². The molecule has 1 aliphatic heterocycles. The van der Waals surface area contributed by atoms with Gasteiger partial charge in [-0.05, 0) is 48.2 Å². The van der Waals surface area contributed by atoms with Crippen LogP contribution in [0.4, 0.5) is 9.18 Å². The zero-order chi connectivity index (χ0) is 21.5. The maximum absolute atomic E-state index is 13.0. The van der Waals surface area contributed by atoms with Gasteiger partial charge < -0.3 is 20.1 Å². The van der Waals surface area contributed by atoms with E-state index in [1.54, 1.807) is 36.4 Å². The van der Waals surface area contributed by atoms with Gasteiger partial charge >= 0.3 is 12.0 Å². The number of unbranched alkanes of at least 4 members (excludes halogenated alkanes) is 1. The zero-order valence-electron chi connectivity index (χ0n) is 17.0. The highest BCUT2D eigenvalue weighted by Gasteiger charge is 2.33. The van der Waals surface area contributed by atoms with Crippen molar-refractivity contribution in [3.05, 3.63) is 76.7 Å². The third-order valence-corrected chi connectivity index (χ3v) is 4.87. The summed E-state index contributed by atoms with van der Waals surface area (Å²) >= 11 is 0. The molecule has 0 fully saturated rings. The summed E-state index contributed by atoms with van der Waals surface area (Å²) in [5, 5.41) is 5.55. The van der Waals surface area contributed by atoms with Crippen molar-refractivity contribution >= 4 is 12.0 Å². The van der Waals surface area contributed by atoms with Crippen LogP contribution in [0.1, 0.15) is 43.4 Å². The molecule has 0 aromatic heterocycles. The average molecular weight is 412 g/mol. The molecular weight excluding hydrogens is 387 g/mol. The molecule has 0 spiro atoms. The average Bonchev–Trinajstić information content (AvgIpc) is 2.76. The van der Waals surface area contributed by atoms with E-state index in [4.69, 9.17) is 9.47 Å². The van der Waals surface area contributed by atoms with Gasteiger partial charge in [0.1, 0.15) is 18.2 Å². The first kappa shape index (κ1) is 21.4. The number of halogens is 1. The van der Waals surface area contributed by atoms with Crippen LogP contribution in [0.25, 0.3) is 0 Å². The predicted molar refractivity (Wildman–Crippen MR) is 110 cm³/mol. The van der Waals surface area contributed by atoms with Crippen LogP contribution in [0.5, 0.6) is 5.75 Å². The van der Waals surface area contributed by atoms with Gasteiger partial charge in [-0.1, -0.05) is 37.6 Å². The number of amides is 2. The van der Waals surface area contributed by atoms with Crippen LogP contribution in [-0.2, 0) is 16.1 Å². The third-order valence-electron chi connectivity index (χ3n) is 4.87. The van der Waals surface area contributed by atoms with Crippen LogP contribution in [0.2, 0.25) is 0 Å². The number of rotatable bonds is 8. The van der Waals surface area contributed by atoms with E-state index in [-0.39, 0.29) is 11.8 Å². The van der Waals surface area contributed by atoms with Gasteiger partial charge in [0, 0.05) is 5.70 Å². The number of nitrogens with one attached hydrogen (secondary N) is 2. The number of hydrogen-bond acceptors (Lipinski definition) is 4. The zero-order valence-corrected chi connectivity index (χ0v) is 17.0. The van der Waals surface area contributed by atoms with E-state index in [2.05, 4.69) is 10.6 Å². The van der Waals surface area contributed by atoms with Crippen LogP contribution in [0.15, 0.2) is 59.8 Å². The number of ether oxygens (including phenoxy) is 2. The van der Waals surface area contributed by atoms with Crippen molar-refractivity contribution in [1.29, 1.82) is 0 Å². The lowest BCUT2D eigenvalue weighted by molar-refractivity contribution is -0.136. The first-order valence-corrected chi connectivity index (χ1v) is 9.88. The molecule has 0 bridgehead atoms. The fraction of sp³-hybridized carbons (Fsp3) is 0.304. The Hall–Kier alpha value is -3.35. The highest BCUT2D eigenvalue weighted by Crippen LogP contribution is 2.30. The van der Waals surface area contributed by atoms with Crippen LogP contribution in [0, 0.1) is 5.82 Å². The van der Waals surface area contributed by atoms with Gasteiger partial charge in [-0.3, -0.25) is 0 Å². The maximum Gasteiger partial charge on any atom is 0.337 e. The summed E-state index contributed by atoms with van der Waals surface area (Å²) in [6, 6.07) is 12.3. The molecular formula is C23H25FN2O4. The van der Waals surface area contributed by atoms with E-state index in [0.717, 1.165) is 24.0 Å². The minimum atomic E-state index is -0.607. The summed E-state index contributed by atoms with van der Waals surface area (Å²) in [7, 11) is 1.33. The maximum atomic E-state index is 13.0. The summed E-state index contributed by atoms with van der Waals surface area (Å²) in [5.41, 5.74) is 2.59. The quantitative estimate of drug-likeness (QED) is 0.631. The number of hydrogen-bond donors (Lipinski definition) is 2. The van der Waals surface area contributed by atoms with Gasteiger partial charge in [0.25, 0.3) is 0 Å². The van der Waals surface area contributed by atoms with Gasteiger partial charge in [0.05, 0.1) is 18.7 Å². The van der Waals surface area contributed by atoms with Crippen LogP contribution in [-0.4, -0.2) is 19.1 Å². The lowest BCUT2D eigenvalue weighted by Crippen LogP contribution is -2.45. The van der Waals surface area contributed by atoms with Crippen molar-refractivity contribution < 1.29 is 23.5 Å². The van der Waals surface area contributed by atoms with Gasteiger partial charge in [-0.15, -0.1) is 0 Å². The number of allylic oxidation sites excluding steroid dienone is 1. The number of esters is 1. The SMILES string of the molecule is CCCCC1=C(C(=O)OC)C(c2ccc(OCc3ccc(F)cc3)cc2)NC(=O)N1. The Labute approximate surface area is 175 Å². The normalized spacial score (nSPS) is 16.0. The van der Waals surface area contributed by atoms with E-state index >= 15 is 0 Å². The fourth-order valence-corrected chi connectivity index (χ4v) is 3.27. The first-order chi connectivity index (χ1) is 14.5. The summed E-state index contributed by atoms with van der Waals surface area (Å²) in [6.07, 6.45) is 2.37. The number of methoxy groups -OCH3 is 1. The molecule has 2 N–H and O–H groups in total.